The first-order valence-corrected chi connectivity index (χ1v) is 9.73. The number of carbonyl (C=O) groups is 1. The summed E-state index contributed by atoms with van der Waals surface area (Å²) in [5.74, 6) is 0.479. The first-order chi connectivity index (χ1) is 13.5. The number of nitrogens with zero attached hydrogens (tertiary/aromatic N) is 4. The lowest BCUT2D eigenvalue weighted by molar-refractivity contribution is -0.122. The van der Waals surface area contributed by atoms with Gasteiger partial charge in [-0.2, -0.15) is 5.10 Å². The summed E-state index contributed by atoms with van der Waals surface area (Å²) >= 11 is 0. The van der Waals surface area contributed by atoms with Crippen molar-refractivity contribution in [2.75, 3.05) is 0 Å². The third kappa shape index (κ3) is 4.65. The van der Waals surface area contributed by atoms with E-state index < -0.39 is 0 Å². The molecule has 0 spiro atoms. The molecule has 1 amide bonds. The second-order valence-corrected chi connectivity index (χ2v) is 7.60. The van der Waals surface area contributed by atoms with E-state index in [0.29, 0.717) is 17.0 Å². The molecule has 0 bridgehead atoms. The molecule has 0 fully saturated rings. The fourth-order valence-corrected chi connectivity index (χ4v) is 3.20. The number of rotatable bonds is 8. The largest absolute Gasteiger partial charge is 0.352 e. The van der Waals surface area contributed by atoms with Gasteiger partial charge in [0.15, 0.2) is 5.65 Å². The lowest BCUT2D eigenvalue weighted by Gasteiger charge is -2.15. The molecule has 0 saturated heterocycles. The topological polar surface area (TPSA) is 81.8 Å². The number of amides is 1. The molecule has 1 aromatic carbocycles. The van der Waals surface area contributed by atoms with Crippen LogP contribution in [-0.2, 0) is 11.3 Å². The molecule has 1 atom stereocenters. The van der Waals surface area contributed by atoms with Crippen LogP contribution in [0.2, 0.25) is 0 Å². The summed E-state index contributed by atoms with van der Waals surface area (Å²) in [4.78, 5) is 29.4. The molecule has 3 aromatic rings. The van der Waals surface area contributed by atoms with Gasteiger partial charge in [0.05, 0.1) is 11.9 Å². The van der Waals surface area contributed by atoms with Crippen LogP contribution >= 0.6 is 0 Å². The third-order valence-electron chi connectivity index (χ3n) is 4.70. The zero-order valence-electron chi connectivity index (χ0n) is 16.6. The van der Waals surface area contributed by atoms with Crippen LogP contribution in [-0.4, -0.2) is 31.3 Å². The molecule has 0 unspecified atom stereocenters. The highest BCUT2D eigenvalue weighted by Crippen LogP contribution is 2.13. The highest BCUT2D eigenvalue weighted by molar-refractivity contribution is 5.78. The Morgan fingerprint density at radius 1 is 1.14 bits per heavy atom. The molecule has 0 aliphatic rings. The van der Waals surface area contributed by atoms with E-state index in [4.69, 9.17) is 0 Å². The van der Waals surface area contributed by atoms with Gasteiger partial charge in [0.2, 0.25) is 5.91 Å². The summed E-state index contributed by atoms with van der Waals surface area (Å²) in [7, 11) is 0. The summed E-state index contributed by atoms with van der Waals surface area (Å²) in [6.45, 7) is 6.33. The molecule has 28 heavy (non-hydrogen) atoms. The number of nitrogens with one attached hydrogen (secondary N) is 1. The van der Waals surface area contributed by atoms with Crippen molar-refractivity contribution in [3.8, 4) is 5.69 Å². The maximum atomic E-state index is 12.7. The molecular formula is C21H27N5O2. The smallest absolute Gasteiger partial charge is 0.264 e. The van der Waals surface area contributed by atoms with E-state index in [0.717, 1.165) is 24.9 Å². The first kappa shape index (κ1) is 19.8. The summed E-state index contributed by atoms with van der Waals surface area (Å²) in [6.07, 6.45) is 6.06. The summed E-state index contributed by atoms with van der Waals surface area (Å²) < 4.78 is 2.95. The molecule has 3 rings (SSSR count). The number of hydrogen-bond donors (Lipinski definition) is 1. The van der Waals surface area contributed by atoms with E-state index >= 15 is 0 Å². The van der Waals surface area contributed by atoms with Gasteiger partial charge >= 0.3 is 0 Å². The Hall–Kier alpha value is -2.96. The van der Waals surface area contributed by atoms with Gasteiger partial charge in [0, 0.05) is 6.04 Å². The third-order valence-corrected chi connectivity index (χ3v) is 4.70. The van der Waals surface area contributed by atoms with Crippen molar-refractivity contribution >= 4 is 16.9 Å². The van der Waals surface area contributed by atoms with Gasteiger partial charge in [-0.3, -0.25) is 14.2 Å². The zero-order valence-corrected chi connectivity index (χ0v) is 16.6. The molecular weight excluding hydrogens is 354 g/mol. The standard InChI is InChI=1S/C21H27N5O2/c1-15(2)8-7-9-16(3)24-19(27)13-25-14-22-20-18(21(25)28)12-23-26(20)17-10-5-4-6-11-17/h4-6,10-12,14-16H,7-9,13H2,1-3H3,(H,24,27)/t16-/m0/s1. The van der Waals surface area contributed by atoms with Crippen LogP contribution in [0, 0.1) is 5.92 Å². The van der Waals surface area contributed by atoms with Gasteiger partial charge in [0.25, 0.3) is 5.56 Å². The van der Waals surface area contributed by atoms with Crippen LogP contribution in [0.1, 0.15) is 40.0 Å². The van der Waals surface area contributed by atoms with Crippen LogP contribution < -0.4 is 10.9 Å². The zero-order chi connectivity index (χ0) is 20.1. The number of aromatic nitrogens is 4. The molecule has 148 valence electrons. The fraction of sp³-hybridized carbons (Fsp3) is 0.429. The predicted molar refractivity (Wildman–Crippen MR) is 109 cm³/mol. The lowest BCUT2D eigenvalue weighted by atomic mass is 10.0. The van der Waals surface area contributed by atoms with E-state index in [-0.39, 0.29) is 24.1 Å². The van der Waals surface area contributed by atoms with Crippen LogP contribution in [0.3, 0.4) is 0 Å². The number of para-hydroxylation sites is 1. The average Bonchev–Trinajstić information content (AvgIpc) is 3.09. The Labute approximate surface area is 164 Å². The van der Waals surface area contributed by atoms with Crippen molar-refractivity contribution in [2.45, 2.75) is 52.6 Å². The average molecular weight is 381 g/mol. The van der Waals surface area contributed by atoms with E-state index in [1.165, 1.54) is 17.1 Å². The van der Waals surface area contributed by atoms with E-state index in [2.05, 4.69) is 29.2 Å². The Kier molecular flexibility index (Phi) is 6.23. The van der Waals surface area contributed by atoms with E-state index in [9.17, 15) is 9.59 Å². The number of benzene rings is 1. The molecule has 0 aliphatic carbocycles. The monoisotopic (exact) mass is 381 g/mol. The molecule has 7 nitrogen and oxygen atoms in total. The van der Waals surface area contributed by atoms with E-state index in [1.54, 1.807) is 4.68 Å². The van der Waals surface area contributed by atoms with Crippen LogP contribution in [0.5, 0.6) is 0 Å². The van der Waals surface area contributed by atoms with Crippen molar-refractivity contribution in [3.05, 3.63) is 53.2 Å². The quantitative estimate of drug-likeness (QED) is 0.650. The molecule has 0 aliphatic heterocycles. The lowest BCUT2D eigenvalue weighted by Crippen LogP contribution is -2.37. The Bertz CT molecular complexity index is 991. The number of fused-ring (bicyclic) bond motifs is 1. The Morgan fingerprint density at radius 3 is 2.61 bits per heavy atom. The number of hydrogen-bond acceptors (Lipinski definition) is 4. The Balaban J connectivity index is 1.70. The number of carbonyl (C=O) groups excluding carboxylic acids is 1. The van der Waals surface area contributed by atoms with Crippen LogP contribution in [0.4, 0.5) is 0 Å². The maximum Gasteiger partial charge on any atom is 0.264 e. The van der Waals surface area contributed by atoms with Crippen molar-refractivity contribution in [1.82, 2.24) is 24.6 Å². The normalized spacial score (nSPS) is 12.4. The predicted octanol–water partition coefficient (Wildman–Crippen LogP) is 2.91. The van der Waals surface area contributed by atoms with Crippen molar-refractivity contribution in [3.63, 3.8) is 0 Å². The highest BCUT2D eigenvalue weighted by Gasteiger charge is 2.14. The fourth-order valence-electron chi connectivity index (χ4n) is 3.20. The maximum absolute atomic E-state index is 12.7. The molecule has 1 N–H and O–H groups in total. The highest BCUT2D eigenvalue weighted by atomic mass is 16.2. The SMILES string of the molecule is CC(C)CCC[C@H](C)NC(=O)Cn1cnc2c(cnn2-c2ccccc2)c1=O. The first-order valence-electron chi connectivity index (χ1n) is 9.73. The van der Waals surface area contributed by atoms with Gasteiger partial charge in [-0.15, -0.1) is 0 Å². The van der Waals surface area contributed by atoms with Gasteiger partial charge < -0.3 is 5.32 Å². The molecule has 2 heterocycles. The Morgan fingerprint density at radius 2 is 1.89 bits per heavy atom. The second kappa shape index (κ2) is 8.82. The minimum Gasteiger partial charge on any atom is -0.352 e. The van der Waals surface area contributed by atoms with Gasteiger partial charge in [-0.25, -0.2) is 9.67 Å². The minimum atomic E-state index is -0.269. The van der Waals surface area contributed by atoms with Crippen molar-refractivity contribution in [2.24, 2.45) is 5.92 Å². The summed E-state index contributed by atoms with van der Waals surface area (Å²) in [5.41, 5.74) is 1.04. The molecule has 2 aromatic heterocycles. The summed E-state index contributed by atoms with van der Waals surface area (Å²) in [5, 5.41) is 7.64. The molecule has 0 radical (unpaired) electrons. The van der Waals surface area contributed by atoms with Gasteiger partial charge in [-0.05, 0) is 31.4 Å². The second-order valence-electron chi connectivity index (χ2n) is 7.60. The van der Waals surface area contributed by atoms with E-state index in [1.807, 2.05) is 37.3 Å². The van der Waals surface area contributed by atoms with Crippen molar-refractivity contribution < 1.29 is 4.79 Å². The summed E-state index contributed by atoms with van der Waals surface area (Å²) in [6, 6.07) is 9.59. The van der Waals surface area contributed by atoms with Gasteiger partial charge in [-0.1, -0.05) is 44.9 Å². The van der Waals surface area contributed by atoms with Crippen LogP contribution in [0.15, 0.2) is 47.7 Å². The van der Waals surface area contributed by atoms with Crippen molar-refractivity contribution in [1.29, 1.82) is 0 Å². The minimum absolute atomic E-state index is 0.0488. The molecule has 7 heteroatoms. The van der Waals surface area contributed by atoms with Crippen LogP contribution in [0.25, 0.3) is 16.7 Å². The molecule has 0 saturated carbocycles. The van der Waals surface area contributed by atoms with Gasteiger partial charge in [0.1, 0.15) is 18.3 Å².